The molecule has 0 saturated carbocycles. The van der Waals surface area contributed by atoms with Gasteiger partial charge in [-0.2, -0.15) is 0 Å². The summed E-state index contributed by atoms with van der Waals surface area (Å²) in [6, 6.07) is 0.0607. The number of nitrogens with two attached hydrogens (primary N) is 1. The molecule has 1 atom stereocenters. The van der Waals surface area contributed by atoms with Gasteiger partial charge in [0.05, 0.1) is 11.7 Å². The second-order valence-corrected chi connectivity index (χ2v) is 3.75. The highest BCUT2D eigenvalue weighted by molar-refractivity contribution is 5.23. The van der Waals surface area contributed by atoms with E-state index in [1.165, 1.54) is 24.2 Å². The molecule has 0 spiro atoms. The molecule has 3 nitrogen and oxygen atoms in total. The Labute approximate surface area is 79.0 Å². The Morgan fingerprint density at radius 1 is 1.54 bits per heavy atom. The van der Waals surface area contributed by atoms with Crippen molar-refractivity contribution in [3.63, 3.8) is 0 Å². The van der Waals surface area contributed by atoms with E-state index in [1.807, 2.05) is 6.92 Å². The summed E-state index contributed by atoms with van der Waals surface area (Å²) in [5.41, 5.74) is 8.58. The molecule has 72 valence electrons. The van der Waals surface area contributed by atoms with Crippen molar-refractivity contribution >= 4 is 0 Å². The topological polar surface area (TPSA) is 43.8 Å². The lowest BCUT2D eigenvalue weighted by molar-refractivity contribution is 0.611. The minimum atomic E-state index is 0.0607. The molecular formula is C10H17N3. The fourth-order valence-corrected chi connectivity index (χ4v) is 2.16. The number of aromatic nitrogens is 2. The van der Waals surface area contributed by atoms with Crippen LogP contribution in [0, 0.1) is 0 Å². The van der Waals surface area contributed by atoms with Gasteiger partial charge in [-0.25, -0.2) is 4.98 Å². The molecule has 2 N–H and O–H groups in total. The molecule has 1 aliphatic rings. The minimum Gasteiger partial charge on any atom is -0.331 e. The number of hydrogen-bond donors (Lipinski definition) is 1. The summed E-state index contributed by atoms with van der Waals surface area (Å²) >= 11 is 0. The zero-order valence-electron chi connectivity index (χ0n) is 8.38. The second kappa shape index (κ2) is 3.14. The van der Waals surface area contributed by atoms with Crippen molar-refractivity contribution in [2.75, 3.05) is 0 Å². The summed E-state index contributed by atoms with van der Waals surface area (Å²) < 4.78 is 2.28. The van der Waals surface area contributed by atoms with Crippen molar-refractivity contribution < 1.29 is 0 Å². The fraction of sp³-hybridized carbons (Fsp3) is 0.700. The number of imidazole rings is 1. The molecule has 1 aromatic rings. The van der Waals surface area contributed by atoms with Gasteiger partial charge >= 0.3 is 0 Å². The molecule has 1 aromatic heterocycles. The van der Waals surface area contributed by atoms with Crippen LogP contribution in [0.25, 0.3) is 0 Å². The summed E-state index contributed by atoms with van der Waals surface area (Å²) in [5.74, 6) is 1.06. The van der Waals surface area contributed by atoms with Gasteiger partial charge < -0.3 is 10.3 Å². The van der Waals surface area contributed by atoms with Gasteiger partial charge in [0.15, 0.2) is 0 Å². The predicted octanol–water partition coefficient (Wildman–Crippen LogP) is 1.41. The van der Waals surface area contributed by atoms with Crippen molar-refractivity contribution in [2.45, 2.75) is 45.7 Å². The standard InChI is InChI=1S/C10H17N3/c1-3-13-9-6-4-5-8(9)12-10(13)7(2)11/h7H,3-6,11H2,1-2H3. The molecule has 0 radical (unpaired) electrons. The number of fused-ring (bicyclic) bond motifs is 1. The molecule has 0 fully saturated rings. The second-order valence-electron chi connectivity index (χ2n) is 3.75. The van der Waals surface area contributed by atoms with Crippen LogP contribution in [-0.2, 0) is 19.4 Å². The Morgan fingerprint density at radius 2 is 2.31 bits per heavy atom. The summed E-state index contributed by atoms with van der Waals surface area (Å²) in [7, 11) is 0. The quantitative estimate of drug-likeness (QED) is 0.746. The average Bonchev–Trinajstić information content (AvgIpc) is 2.60. The van der Waals surface area contributed by atoms with E-state index >= 15 is 0 Å². The van der Waals surface area contributed by atoms with Crippen LogP contribution in [0.5, 0.6) is 0 Å². The lowest BCUT2D eigenvalue weighted by atomic mass is 10.3. The molecule has 0 bridgehead atoms. The maximum absolute atomic E-state index is 5.87. The van der Waals surface area contributed by atoms with Crippen LogP contribution in [0.15, 0.2) is 0 Å². The molecule has 1 aliphatic carbocycles. The van der Waals surface area contributed by atoms with Crippen LogP contribution in [0.4, 0.5) is 0 Å². The van der Waals surface area contributed by atoms with Gasteiger partial charge in [-0.15, -0.1) is 0 Å². The van der Waals surface area contributed by atoms with Crippen LogP contribution >= 0.6 is 0 Å². The van der Waals surface area contributed by atoms with Crippen LogP contribution in [0.1, 0.15) is 43.5 Å². The zero-order valence-corrected chi connectivity index (χ0v) is 8.38. The van der Waals surface area contributed by atoms with Gasteiger partial charge in [0.25, 0.3) is 0 Å². The van der Waals surface area contributed by atoms with Crippen LogP contribution in [0.2, 0.25) is 0 Å². The van der Waals surface area contributed by atoms with E-state index in [0.717, 1.165) is 18.8 Å². The normalized spacial score (nSPS) is 17.5. The highest BCUT2D eigenvalue weighted by atomic mass is 15.1. The summed E-state index contributed by atoms with van der Waals surface area (Å²) in [6.07, 6.45) is 3.59. The fourth-order valence-electron chi connectivity index (χ4n) is 2.16. The van der Waals surface area contributed by atoms with E-state index in [0.29, 0.717) is 0 Å². The van der Waals surface area contributed by atoms with Gasteiger partial charge in [0.2, 0.25) is 0 Å². The number of hydrogen-bond acceptors (Lipinski definition) is 2. The number of nitrogens with zero attached hydrogens (tertiary/aromatic N) is 2. The zero-order chi connectivity index (χ0) is 9.42. The van der Waals surface area contributed by atoms with E-state index in [9.17, 15) is 0 Å². The van der Waals surface area contributed by atoms with Gasteiger partial charge in [0.1, 0.15) is 5.82 Å². The van der Waals surface area contributed by atoms with E-state index in [2.05, 4.69) is 16.5 Å². The lowest BCUT2D eigenvalue weighted by Gasteiger charge is -2.10. The van der Waals surface area contributed by atoms with Crippen molar-refractivity contribution in [3.8, 4) is 0 Å². The average molecular weight is 179 g/mol. The third kappa shape index (κ3) is 1.27. The van der Waals surface area contributed by atoms with E-state index < -0.39 is 0 Å². The highest BCUT2D eigenvalue weighted by Gasteiger charge is 2.21. The third-order valence-electron chi connectivity index (χ3n) is 2.74. The highest BCUT2D eigenvalue weighted by Crippen LogP contribution is 2.24. The monoisotopic (exact) mass is 179 g/mol. The maximum Gasteiger partial charge on any atom is 0.125 e. The Hall–Kier alpha value is -0.830. The first-order valence-corrected chi connectivity index (χ1v) is 5.07. The first-order valence-electron chi connectivity index (χ1n) is 5.07. The molecule has 0 aliphatic heterocycles. The molecule has 2 rings (SSSR count). The maximum atomic E-state index is 5.87. The number of aryl methyl sites for hydroxylation is 1. The van der Waals surface area contributed by atoms with E-state index in [1.54, 1.807) is 0 Å². The number of rotatable bonds is 2. The molecule has 1 heterocycles. The first kappa shape index (κ1) is 8.75. The Bertz CT molecular complexity index is 312. The van der Waals surface area contributed by atoms with Crippen LogP contribution in [-0.4, -0.2) is 9.55 Å². The molecule has 0 saturated heterocycles. The Morgan fingerprint density at radius 3 is 2.92 bits per heavy atom. The SMILES string of the molecule is CCn1c(C(C)N)nc2c1CCC2. The molecule has 0 amide bonds. The lowest BCUT2D eigenvalue weighted by Crippen LogP contribution is -2.14. The largest absolute Gasteiger partial charge is 0.331 e. The van der Waals surface area contributed by atoms with Gasteiger partial charge in [-0.05, 0) is 33.1 Å². The summed E-state index contributed by atoms with van der Waals surface area (Å²) in [5, 5.41) is 0. The Kier molecular flexibility index (Phi) is 2.12. The summed E-state index contributed by atoms with van der Waals surface area (Å²) in [4.78, 5) is 4.60. The molecule has 13 heavy (non-hydrogen) atoms. The smallest absolute Gasteiger partial charge is 0.125 e. The van der Waals surface area contributed by atoms with Gasteiger partial charge in [0, 0.05) is 12.2 Å². The van der Waals surface area contributed by atoms with Gasteiger partial charge in [-0.1, -0.05) is 0 Å². The van der Waals surface area contributed by atoms with Crippen LogP contribution in [0.3, 0.4) is 0 Å². The summed E-state index contributed by atoms with van der Waals surface area (Å²) in [6.45, 7) is 5.16. The van der Waals surface area contributed by atoms with Crippen molar-refractivity contribution in [2.24, 2.45) is 5.73 Å². The minimum absolute atomic E-state index is 0.0607. The van der Waals surface area contributed by atoms with Gasteiger partial charge in [-0.3, -0.25) is 0 Å². The molecular weight excluding hydrogens is 162 g/mol. The van der Waals surface area contributed by atoms with Crippen molar-refractivity contribution in [3.05, 3.63) is 17.2 Å². The first-order chi connectivity index (χ1) is 6.24. The van der Waals surface area contributed by atoms with Crippen molar-refractivity contribution in [1.29, 1.82) is 0 Å². The van der Waals surface area contributed by atoms with Crippen molar-refractivity contribution in [1.82, 2.24) is 9.55 Å². The Balaban J connectivity index is 2.47. The molecule has 0 aromatic carbocycles. The van der Waals surface area contributed by atoms with E-state index in [-0.39, 0.29) is 6.04 Å². The van der Waals surface area contributed by atoms with Crippen LogP contribution < -0.4 is 5.73 Å². The molecule has 1 unspecified atom stereocenters. The molecule has 3 heteroatoms. The third-order valence-corrected chi connectivity index (χ3v) is 2.74. The predicted molar refractivity (Wildman–Crippen MR) is 52.5 cm³/mol. The van der Waals surface area contributed by atoms with E-state index in [4.69, 9.17) is 5.73 Å².